The topological polar surface area (TPSA) is 24.1 Å². The second kappa shape index (κ2) is 8.92. The smallest absolute Gasteiger partial charge is 0.0678 e. The number of benzene rings is 3. The second-order valence-electron chi connectivity index (χ2n) is 6.19. The Labute approximate surface area is 152 Å². The van der Waals surface area contributed by atoms with Crippen molar-refractivity contribution < 1.29 is 0 Å². The molecule has 0 heterocycles. The van der Waals surface area contributed by atoms with Gasteiger partial charge in [0, 0.05) is 17.4 Å². The van der Waals surface area contributed by atoms with Crippen molar-refractivity contribution in [1.82, 2.24) is 10.2 Å². The van der Waals surface area contributed by atoms with Gasteiger partial charge in [0.05, 0.1) is 8.22 Å². The summed E-state index contributed by atoms with van der Waals surface area (Å²) < 4.78 is 0. The van der Waals surface area contributed by atoms with E-state index in [9.17, 15) is 0 Å². The summed E-state index contributed by atoms with van der Waals surface area (Å²) in [4.78, 5) is 0. The van der Waals surface area contributed by atoms with Crippen molar-refractivity contribution in [1.29, 1.82) is 0 Å². The molecule has 0 spiro atoms. The van der Waals surface area contributed by atoms with Gasteiger partial charge in [-0.15, -0.1) is 0 Å². The van der Waals surface area contributed by atoms with E-state index in [2.05, 4.69) is 115 Å². The lowest BCUT2D eigenvalue weighted by Gasteiger charge is -2.28. The van der Waals surface area contributed by atoms with Gasteiger partial charge in [-0.25, -0.2) is 0 Å². The van der Waals surface area contributed by atoms with Crippen LogP contribution in [0.25, 0.3) is 0 Å². The van der Waals surface area contributed by atoms with Gasteiger partial charge in [-0.1, -0.05) is 91.0 Å². The van der Waals surface area contributed by atoms with Gasteiger partial charge in [0.1, 0.15) is 0 Å². The van der Waals surface area contributed by atoms with Crippen molar-refractivity contribution in [3.63, 3.8) is 0 Å². The maximum atomic E-state index is 3.80. The molecule has 0 fully saturated rings. The summed E-state index contributed by atoms with van der Waals surface area (Å²) in [5.41, 5.74) is 2.61. The van der Waals surface area contributed by atoms with E-state index in [1.54, 1.807) is 0 Å². The fraction of sp³-hybridized carbons (Fsp3) is 0.182. The zero-order valence-corrected chi connectivity index (χ0v) is 15.7. The van der Waals surface area contributed by atoms with Crippen LogP contribution in [-0.4, -0.2) is 0 Å². The molecular weight excluding hydrogens is 323 g/mol. The first-order valence-corrected chi connectivity index (χ1v) is 10.1. The normalized spacial score (nSPS) is 13.6. The van der Waals surface area contributed by atoms with Crippen molar-refractivity contribution in [3.8, 4) is 0 Å². The molecule has 0 amide bonds. The lowest BCUT2D eigenvalue weighted by atomic mass is 10.1. The maximum absolute atomic E-state index is 3.80. The van der Waals surface area contributed by atoms with E-state index in [-0.39, 0.29) is 12.1 Å². The fourth-order valence-electron chi connectivity index (χ4n) is 2.78. The van der Waals surface area contributed by atoms with Crippen LogP contribution in [0, 0.1) is 0 Å². The van der Waals surface area contributed by atoms with Gasteiger partial charge in [-0.2, -0.15) is 0 Å². The van der Waals surface area contributed by atoms with E-state index < -0.39 is 8.22 Å². The Morgan fingerprint density at radius 1 is 0.560 bits per heavy atom. The Morgan fingerprint density at radius 3 is 1.32 bits per heavy atom. The molecule has 25 heavy (non-hydrogen) atoms. The summed E-state index contributed by atoms with van der Waals surface area (Å²) >= 11 is 0. The van der Waals surface area contributed by atoms with E-state index in [1.165, 1.54) is 16.4 Å². The van der Waals surface area contributed by atoms with Gasteiger partial charge < -0.3 is 0 Å². The molecule has 0 aliphatic rings. The molecule has 0 unspecified atom stereocenters. The molecule has 0 aliphatic heterocycles. The molecule has 2 N–H and O–H groups in total. The monoisotopic (exact) mass is 348 g/mol. The molecule has 3 rings (SSSR count). The highest BCUT2D eigenvalue weighted by atomic mass is 31.1. The zero-order valence-electron chi connectivity index (χ0n) is 14.8. The van der Waals surface area contributed by atoms with Gasteiger partial charge >= 0.3 is 0 Å². The van der Waals surface area contributed by atoms with Crippen LogP contribution in [0.3, 0.4) is 0 Å². The van der Waals surface area contributed by atoms with Crippen LogP contribution in [0.15, 0.2) is 91.0 Å². The van der Waals surface area contributed by atoms with E-state index in [1.807, 2.05) is 0 Å². The lowest BCUT2D eigenvalue weighted by molar-refractivity contribution is 0.700. The fourth-order valence-corrected chi connectivity index (χ4v) is 4.70. The standard InChI is InChI=1S/C22H25N2P/c1-18(20-12-6-3-7-13-20)23-25(22-16-10-5-11-17-22)24-19(2)21-14-8-4-9-15-21/h3-19,23-24H,1-2H3/t18-,19-/m1/s1. The number of rotatable bonds is 7. The molecule has 0 bridgehead atoms. The Morgan fingerprint density at radius 2 is 0.920 bits per heavy atom. The third kappa shape index (κ3) is 4.99. The largest absolute Gasteiger partial charge is 0.273 e. The number of hydrogen-bond donors (Lipinski definition) is 2. The van der Waals surface area contributed by atoms with Gasteiger partial charge in [-0.3, -0.25) is 10.2 Å². The average Bonchev–Trinajstić information content (AvgIpc) is 2.69. The van der Waals surface area contributed by atoms with Crippen LogP contribution < -0.4 is 15.5 Å². The molecule has 3 heteroatoms. The first-order valence-electron chi connectivity index (χ1n) is 8.71. The molecule has 0 saturated heterocycles. The summed E-state index contributed by atoms with van der Waals surface area (Å²) in [7, 11) is -0.682. The SMILES string of the molecule is C[C@@H](NP(N[C@H](C)c1ccccc1)c1ccccc1)c1ccccc1. The molecule has 0 radical (unpaired) electrons. The Hall–Kier alpha value is -1.99. The van der Waals surface area contributed by atoms with Gasteiger partial charge in [0.15, 0.2) is 0 Å². The van der Waals surface area contributed by atoms with Gasteiger partial charge in [0.2, 0.25) is 0 Å². The maximum Gasteiger partial charge on any atom is 0.0678 e. The van der Waals surface area contributed by atoms with Crippen LogP contribution >= 0.6 is 8.22 Å². The third-order valence-corrected chi connectivity index (χ3v) is 6.36. The highest BCUT2D eigenvalue weighted by Crippen LogP contribution is 2.33. The second-order valence-corrected chi connectivity index (χ2v) is 7.90. The Kier molecular flexibility index (Phi) is 6.36. The highest BCUT2D eigenvalue weighted by molar-refractivity contribution is 7.61. The molecular formula is C22H25N2P. The first kappa shape index (κ1) is 17.8. The third-order valence-electron chi connectivity index (χ3n) is 4.26. The summed E-state index contributed by atoms with van der Waals surface area (Å²) in [6.07, 6.45) is 0. The predicted octanol–water partition coefficient (Wildman–Crippen LogP) is 5.33. The molecule has 0 saturated carbocycles. The van der Waals surface area contributed by atoms with E-state index in [0.717, 1.165) is 0 Å². The molecule has 2 atom stereocenters. The number of nitrogens with one attached hydrogen (secondary N) is 2. The molecule has 2 nitrogen and oxygen atoms in total. The van der Waals surface area contributed by atoms with Crippen LogP contribution in [0.1, 0.15) is 37.1 Å². The molecule has 128 valence electrons. The average molecular weight is 348 g/mol. The number of hydrogen-bond acceptors (Lipinski definition) is 2. The van der Waals surface area contributed by atoms with Crippen molar-refractivity contribution in [2.45, 2.75) is 25.9 Å². The minimum absolute atomic E-state index is 0.281. The summed E-state index contributed by atoms with van der Waals surface area (Å²) in [5, 5.41) is 8.92. The van der Waals surface area contributed by atoms with E-state index in [0.29, 0.717) is 0 Å². The predicted molar refractivity (Wildman–Crippen MR) is 109 cm³/mol. The van der Waals surface area contributed by atoms with E-state index >= 15 is 0 Å². The molecule has 0 aliphatic carbocycles. The van der Waals surface area contributed by atoms with Gasteiger partial charge in [0.25, 0.3) is 0 Å². The summed E-state index contributed by atoms with van der Waals surface area (Å²) in [6, 6.07) is 32.4. The van der Waals surface area contributed by atoms with Crippen molar-refractivity contribution >= 4 is 13.5 Å². The minimum atomic E-state index is -0.682. The van der Waals surface area contributed by atoms with Crippen molar-refractivity contribution in [2.75, 3.05) is 0 Å². The van der Waals surface area contributed by atoms with Crippen LogP contribution in [0.5, 0.6) is 0 Å². The van der Waals surface area contributed by atoms with Gasteiger partial charge in [-0.05, 0) is 25.0 Å². The summed E-state index contributed by atoms with van der Waals surface area (Å²) in [5.74, 6) is 0. The van der Waals surface area contributed by atoms with E-state index in [4.69, 9.17) is 0 Å². The first-order chi connectivity index (χ1) is 12.2. The lowest BCUT2D eigenvalue weighted by Crippen LogP contribution is -2.29. The summed E-state index contributed by atoms with van der Waals surface area (Å²) in [6.45, 7) is 4.45. The van der Waals surface area contributed by atoms with Crippen molar-refractivity contribution in [3.05, 3.63) is 102 Å². The Balaban J connectivity index is 1.78. The van der Waals surface area contributed by atoms with Crippen LogP contribution in [-0.2, 0) is 0 Å². The quantitative estimate of drug-likeness (QED) is 0.564. The molecule has 0 aromatic heterocycles. The molecule has 3 aromatic rings. The highest BCUT2D eigenvalue weighted by Gasteiger charge is 2.18. The van der Waals surface area contributed by atoms with Crippen molar-refractivity contribution in [2.24, 2.45) is 0 Å². The van der Waals surface area contributed by atoms with Crippen LogP contribution in [0.2, 0.25) is 0 Å². The Bertz CT molecular complexity index is 699. The minimum Gasteiger partial charge on any atom is -0.273 e. The zero-order chi connectivity index (χ0) is 17.5. The van der Waals surface area contributed by atoms with Crippen LogP contribution in [0.4, 0.5) is 0 Å². The molecule has 3 aromatic carbocycles.